The molecule has 3 atom stereocenters. The highest BCUT2D eigenvalue weighted by atomic mass is 16.5. The van der Waals surface area contributed by atoms with Gasteiger partial charge in [-0.1, -0.05) is 12.1 Å². The number of nitrogens with one attached hydrogen (secondary N) is 1. The van der Waals surface area contributed by atoms with Crippen molar-refractivity contribution in [1.82, 2.24) is 10.2 Å². The highest BCUT2D eigenvalue weighted by molar-refractivity contribution is 5.92. The molecule has 2 saturated heterocycles. The maximum atomic E-state index is 12.8. The smallest absolute Gasteiger partial charge is 0.226 e. The number of rotatable bonds is 6. The minimum Gasteiger partial charge on any atom is -0.495 e. The monoisotopic (exact) mass is 387 g/mol. The fourth-order valence-corrected chi connectivity index (χ4v) is 4.20. The van der Waals surface area contributed by atoms with Crippen molar-refractivity contribution in [2.24, 2.45) is 11.8 Å². The van der Waals surface area contributed by atoms with Crippen LogP contribution in [-0.2, 0) is 14.3 Å². The molecular weight excluding hydrogens is 358 g/mol. The van der Waals surface area contributed by atoms with Crippen molar-refractivity contribution in [2.45, 2.75) is 25.4 Å². The zero-order valence-corrected chi connectivity index (χ0v) is 16.4. The number of nitrogens with zero attached hydrogens (tertiary/aromatic N) is 2. The lowest BCUT2D eigenvalue weighted by atomic mass is 10.2. The Morgan fingerprint density at radius 1 is 1.18 bits per heavy atom. The molecule has 7 nitrogen and oxygen atoms in total. The van der Waals surface area contributed by atoms with E-state index in [1.165, 1.54) is 0 Å². The summed E-state index contributed by atoms with van der Waals surface area (Å²) in [5.74, 6) is 0.661. The van der Waals surface area contributed by atoms with E-state index >= 15 is 0 Å². The fourth-order valence-electron chi connectivity index (χ4n) is 4.20. The van der Waals surface area contributed by atoms with Crippen molar-refractivity contribution in [1.29, 1.82) is 0 Å². The van der Waals surface area contributed by atoms with Crippen LogP contribution < -0.4 is 15.0 Å². The van der Waals surface area contributed by atoms with E-state index < -0.39 is 0 Å². The quantitative estimate of drug-likeness (QED) is 0.796. The topological polar surface area (TPSA) is 71.1 Å². The molecule has 152 valence electrons. The van der Waals surface area contributed by atoms with Crippen molar-refractivity contribution in [3.63, 3.8) is 0 Å². The molecule has 4 rings (SSSR count). The Kier molecular flexibility index (Phi) is 5.71. The molecule has 1 aromatic rings. The number of hydrogen-bond donors (Lipinski definition) is 1. The number of amides is 2. The normalized spacial score (nSPS) is 26.8. The number of anilines is 1. The van der Waals surface area contributed by atoms with E-state index in [0.717, 1.165) is 44.0 Å². The van der Waals surface area contributed by atoms with Crippen molar-refractivity contribution in [3.8, 4) is 5.75 Å². The summed E-state index contributed by atoms with van der Waals surface area (Å²) in [6.07, 6.45) is 2.87. The highest BCUT2D eigenvalue weighted by Crippen LogP contribution is 2.40. The van der Waals surface area contributed by atoms with Gasteiger partial charge in [0.25, 0.3) is 0 Å². The third-order valence-corrected chi connectivity index (χ3v) is 5.99. The molecular formula is C21H29N3O4. The number of benzene rings is 1. The van der Waals surface area contributed by atoms with E-state index in [0.29, 0.717) is 26.1 Å². The van der Waals surface area contributed by atoms with Crippen LogP contribution >= 0.6 is 0 Å². The summed E-state index contributed by atoms with van der Waals surface area (Å²) >= 11 is 0. The molecule has 3 fully saturated rings. The molecule has 0 bridgehead atoms. The molecule has 0 radical (unpaired) electrons. The van der Waals surface area contributed by atoms with Crippen LogP contribution in [0.3, 0.4) is 0 Å². The van der Waals surface area contributed by atoms with Crippen molar-refractivity contribution in [3.05, 3.63) is 24.3 Å². The average Bonchev–Trinajstić information content (AvgIpc) is 3.38. The number of hydrogen-bond acceptors (Lipinski definition) is 5. The highest BCUT2D eigenvalue weighted by Gasteiger charge is 2.49. The van der Waals surface area contributed by atoms with Crippen LogP contribution in [0.1, 0.15) is 19.3 Å². The molecule has 2 heterocycles. The first kappa shape index (κ1) is 19.1. The Morgan fingerprint density at radius 3 is 2.68 bits per heavy atom. The van der Waals surface area contributed by atoms with Crippen LogP contribution in [0.2, 0.25) is 0 Å². The maximum absolute atomic E-state index is 12.8. The molecule has 0 aromatic heterocycles. The maximum Gasteiger partial charge on any atom is 0.226 e. The second-order valence-corrected chi connectivity index (χ2v) is 7.81. The number of carbonyl (C=O) groups is 2. The van der Waals surface area contributed by atoms with Crippen LogP contribution in [-0.4, -0.2) is 69.3 Å². The molecule has 28 heavy (non-hydrogen) atoms. The van der Waals surface area contributed by atoms with Crippen LogP contribution in [0.15, 0.2) is 24.3 Å². The summed E-state index contributed by atoms with van der Waals surface area (Å²) in [6, 6.07) is 7.96. The van der Waals surface area contributed by atoms with Crippen LogP contribution in [0.4, 0.5) is 5.69 Å². The van der Waals surface area contributed by atoms with Gasteiger partial charge in [0.1, 0.15) is 5.75 Å². The minimum absolute atomic E-state index is 0.00140. The number of carbonyl (C=O) groups excluding carboxylic acids is 2. The van der Waals surface area contributed by atoms with Gasteiger partial charge in [0.2, 0.25) is 11.8 Å². The average molecular weight is 387 g/mol. The van der Waals surface area contributed by atoms with E-state index in [4.69, 9.17) is 9.47 Å². The molecule has 2 aliphatic heterocycles. The molecule has 0 spiro atoms. The van der Waals surface area contributed by atoms with Gasteiger partial charge in [-0.2, -0.15) is 0 Å². The molecule has 3 aliphatic rings. The first-order chi connectivity index (χ1) is 13.7. The zero-order chi connectivity index (χ0) is 19.5. The molecule has 3 unspecified atom stereocenters. The van der Waals surface area contributed by atoms with Gasteiger partial charge in [0.05, 0.1) is 30.7 Å². The van der Waals surface area contributed by atoms with Crippen molar-refractivity contribution < 1.29 is 19.1 Å². The predicted molar refractivity (Wildman–Crippen MR) is 105 cm³/mol. The Balaban J connectivity index is 1.24. The Labute approximate surface area is 166 Å². The van der Waals surface area contributed by atoms with Gasteiger partial charge in [0.15, 0.2) is 0 Å². The minimum atomic E-state index is -0.166. The van der Waals surface area contributed by atoms with Crippen LogP contribution in [0.5, 0.6) is 5.75 Å². The summed E-state index contributed by atoms with van der Waals surface area (Å²) in [5.41, 5.74) is 1.06. The SMILES string of the molecule is COc1ccccc1N1CCN(C(=O)C2CC2C(=O)NCC2CCCO2)CC1. The van der Waals surface area contributed by atoms with E-state index in [9.17, 15) is 9.59 Å². The summed E-state index contributed by atoms with van der Waals surface area (Å²) < 4.78 is 11.0. The summed E-state index contributed by atoms with van der Waals surface area (Å²) in [4.78, 5) is 29.2. The zero-order valence-electron chi connectivity index (χ0n) is 16.4. The van der Waals surface area contributed by atoms with Gasteiger partial charge in [-0.3, -0.25) is 9.59 Å². The first-order valence-electron chi connectivity index (χ1n) is 10.2. The number of methoxy groups -OCH3 is 1. The van der Waals surface area contributed by atoms with Crippen LogP contribution in [0, 0.1) is 11.8 Å². The van der Waals surface area contributed by atoms with Gasteiger partial charge in [0, 0.05) is 39.3 Å². The second-order valence-electron chi connectivity index (χ2n) is 7.81. The van der Waals surface area contributed by atoms with E-state index in [1.54, 1.807) is 7.11 Å². The van der Waals surface area contributed by atoms with Gasteiger partial charge in [-0.25, -0.2) is 0 Å². The lowest BCUT2D eigenvalue weighted by Crippen LogP contribution is -2.49. The Morgan fingerprint density at radius 2 is 1.96 bits per heavy atom. The molecule has 1 saturated carbocycles. The van der Waals surface area contributed by atoms with Gasteiger partial charge < -0.3 is 24.6 Å². The van der Waals surface area contributed by atoms with Gasteiger partial charge >= 0.3 is 0 Å². The van der Waals surface area contributed by atoms with E-state index in [1.807, 2.05) is 29.2 Å². The summed E-state index contributed by atoms with van der Waals surface area (Å²) in [6.45, 7) is 4.25. The van der Waals surface area contributed by atoms with Crippen molar-refractivity contribution >= 4 is 17.5 Å². The number of ether oxygens (including phenoxy) is 2. The lowest BCUT2D eigenvalue weighted by Gasteiger charge is -2.36. The number of piperazine rings is 1. The van der Waals surface area contributed by atoms with Gasteiger partial charge in [-0.15, -0.1) is 0 Å². The Hall–Kier alpha value is -2.28. The Bertz CT molecular complexity index is 711. The largest absolute Gasteiger partial charge is 0.495 e. The van der Waals surface area contributed by atoms with Crippen molar-refractivity contribution in [2.75, 3.05) is 51.3 Å². The summed E-state index contributed by atoms with van der Waals surface area (Å²) in [5, 5.41) is 2.96. The third-order valence-electron chi connectivity index (χ3n) is 5.99. The first-order valence-corrected chi connectivity index (χ1v) is 10.2. The third kappa shape index (κ3) is 4.09. The lowest BCUT2D eigenvalue weighted by molar-refractivity contribution is -0.135. The predicted octanol–water partition coefficient (Wildman–Crippen LogP) is 1.28. The number of para-hydroxylation sites is 2. The van der Waals surface area contributed by atoms with E-state index in [2.05, 4.69) is 10.2 Å². The molecule has 1 aliphatic carbocycles. The fraction of sp³-hybridized carbons (Fsp3) is 0.619. The second kappa shape index (κ2) is 8.39. The van der Waals surface area contributed by atoms with Crippen LogP contribution in [0.25, 0.3) is 0 Å². The van der Waals surface area contributed by atoms with E-state index in [-0.39, 0.29) is 29.8 Å². The molecule has 1 aromatic carbocycles. The summed E-state index contributed by atoms with van der Waals surface area (Å²) in [7, 11) is 1.68. The van der Waals surface area contributed by atoms with Gasteiger partial charge in [-0.05, 0) is 31.4 Å². The standard InChI is InChI=1S/C21H29N3O4/c1-27-19-7-3-2-6-18(19)23-8-10-24(11-9-23)21(26)17-13-16(17)20(25)22-14-15-5-4-12-28-15/h2-3,6-7,15-17H,4-5,8-14H2,1H3,(H,22,25). The molecule has 7 heteroatoms. The molecule has 2 amide bonds. The molecule has 1 N–H and O–H groups in total.